The number of sulfone groups is 1. The first-order chi connectivity index (χ1) is 8.62. The van der Waals surface area contributed by atoms with Gasteiger partial charge in [-0.1, -0.05) is 39.3 Å². The van der Waals surface area contributed by atoms with Gasteiger partial charge in [-0.3, -0.25) is 4.68 Å². The molecule has 106 valence electrons. The fraction of sp³-hybridized carbons (Fsp3) is 0.667. The molecule has 0 aromatic carbocycles. The summed E-state index contributed by atoms with van der Waals surface area (Å²) in [6.45, 7) is 7.56. The smallest absolute Gasteiger partial charge is 0.151 e. The Kier molecular flexibility index (Phi) is 4.64. The van der Waals surface area contributed by atoms with E-state index in [9.17, 15) is 8.42 Å². The van der Waals surface area contributed by atoms with Crippen molar-refractivity contribution in [1.29, 1.82) is 5.26 Å². The van der Waals surface area contributed by atoms with Crippen LogP contribution in [-0.2, 0) is 21.8 Å². The minimum Gasteiger partial charge on any atom is -0.251 e. The Morgan fingerprint density at radius 3 is 2.37 bits per heavy atom. The van der Waals surface area contributed by atoms with E-state index in [0.29, 0.717) is 11.3 Å². The highest BCUT2D eigenvalue weighted by Gasteiger charge is 2.26. The normalized spacial score (nSPS) is 12.4. The molecule has 7 heteroatoms. The Hall–Kier alpha value is -1.06. The van der Waals surface area contributed by atoms with Gasteiger partial charge >= 0.3 is 0 Å². The highest BCUT2D eigenvalue weighted by molar-refractivity contribution is 7.91. The molecule has 0 saturated carbocycles. The Morgan fingerprint density at radius 1 is 1.42 bits per heavy atom. The van der Waals surface area contributed by atoms with E-state index in [0.717, 1.165) is 0 Å². The van der Waals surface area contributed by atoms with Crippen LogP contribution in [0, 0.1) is 11.3 Å². The zero-order valence-corrected chi connectivity index (χ0v) is 13.1. The fourth-order valence-corrected chi connectivity index (χ4v) is 2.58. The lowest BCUT2D eigenvalue weighted by atomic mass is 9.90. The maximum atomic E-state index is 11.5. The molecule has 0 atom stereocenters. The van der Waals surface area contributed by atoms with Crippen LogP contribution in [0.3, 0.4) is 0 Å². The molecule has 0 radical (unpaired) electrons. The first-order valence-corrected chi connectivity index (χ1v) is 8.19. The van der Waals surface area contributed by atoms with Gasteiger partial charge in [0, 0.05) is 11.2 Å². The molecule has 0 fully saturated rings. The van der Waals surface area contributed by atoms with Crippen LogP contribution in [0.1, 0.15) is 39.0 Å². The number of halogens is 1. The first kappa shape index (κ1) is 16.0. The highest BCUT2D eigenvalue weighted by Crippen LogP contribution is 2.29. The van der Waals surface area contributed by atoms with Crippen LogP contribution < -0.4 is 0 Å². The standard InChI is InChI=1S/C12H18ClN3O2S/c1-5-19(17,18)7-6-16-11(13)9(8-14)10(15-16)12(2,3)4/h5-7H2,1-4H3. The van der Waals surface area contributed by atoms with Gasteiger partial charge in [0.05, 0.1) is 18.0 Å². The zero-order valence-electron chi connectivity index (χ0n) is 11.6. The summed E-state index contributed by atoms with van der Waals surface area (Å²) in [5, 5.41) is 13.6. The molecule has 0 aliphatic rings. The number of aryl methyl sites for hydroxylation is 1. The Labute approximate surface area is 119 Å². The van der Waals surface area contributed by atoms with Gasteiger partial charge in [-0.25, -0.2) is 8.42 Å². The van der Waals surface area contributed by atoms with Crippen LogP contribution in [0.15, 0.2) is 0 Å². The molecule has 0 unspecified atom stereocenters. The molecule has 0 N–H and O–H groups in total. The lowest BCUT2D eigenvalue weighted by Crippen LogP contribution is -2.17. The summed E-state index contributed by atoms with van der Waals surface area (Å²) in [5.74, 6) is 0.0580. The van der Waals surface area contributed by atoms with Gasteiger partial charge in [0.2, 0.25) is 0 Å². The summed E-state index contributed by atoms with van der Waals surface area (Å²) in [5.41, 5.74) is 0.598. The lowest BCUT2D eigenvalue weighted by Gasteiger charge is -2.15. The highest BCUT2D eigenvalue weighted by atomic mass is 35.5. The predicted molar refractivity (Wildman–Crippen MR) is 75.0 cm³/mol. The third-order valence-corrected chi connectivity index (χ3v) is 4.83. The molecule has 1 rings (SSSR count). The van der Waals surface area contributed by atoms with Gasteiger partial charge in [0.15, 0.2) is 9.84 Å². The van der Waals surface area contributed by atoms with Gasteiger partial charge in [-0.2, -0.15) is 10.4 Å². The molecular formula is C12H18ClN3O2S. The van der Waals surface area contributed by atoms with Crippen LogP contribution in [0.25, 0.3) is 0 Å². The van der Waals surface area contributed by atoms with E-state index in [2.05, 4.69) is 5.10 Å². The molecule has 0 amide bonds. The zero-order chi connectivity index (χ0) is 14.8. The van der Waals surface area contributed by atoms with Gasteiger partial charge in [0.1, 0.15) is 16.8 Å². The summed E-state index contributed by atoms with van der Waals surface area (Å²) in [7, 11) is -3.08. The molecule has 0 bridgehead atoms. The minimum atomic E-state index is -3.08. The van der Waals surface area contributed by atoms with Crippen LogP contribution in [0.2, 0.25) is 5.15 Å². The van der Waals surface area contributed by atoms with Crippen molar-refractivity contribution >= 4 is 21.4 Å². The predicted octanol–water partition coefficient (Wildman–Crippen LogP) is 2.14. The van der Waals surface area contributed by atoms with Gasteiger partial charge < -0.3 is 0 Å². The van der Waals surface area contributed by atoms with E-state index in [1.807, 2.05) is 26.8 Å². The second-order valence-electron chi connectivity index (χ2n) is 5.34. The van der Waals surface area contributed by atoms with Crippen molar-refractivity contribution < 1.29 is 8.42 Å². The second kappa shape index (κ2) is 5.51. The monoisotopic (exact) mass is 303 g/mol. The Morgan fingerprint density at radius 2 is 2.00 bits per heavy atom. The first-order valence-electron chi connectivity index (χ1n) is 5.99. The van der Waals surface area contributed by atoms with Crippen LogP contribution in [0.5, 0.6) is 0 Å². The number of hydrogen-bond acceptors (Lipinski definition) is 4. The topological polar surface area (TPSA) is 75.8 Å². The lowest BCUT2D eigenvalue weighted by molar-refractivity contribution is 0.537. The van der Waals surface area contributed by atoms with E-state index in [1.165, 1.54) is 4.68 Å². The van der Waals surface area contributed by atoms with Crippen molar-refractivity contribution in [2.45, 2.75) is 39.7 Å². The summed E-state index contributed by atoms with van der Waals surface area (Å²) >= 11 is 6.09. The van der Waals surface area contributed by atoms with E-state index < -0.39 is 9.84 Å². The Balaban J connectivity index is 3.12. The summed E-state index contributed by atoms with van der Waals surface area (Å²) in [4.78, 5) is 0. The average molecular weight is 304 g/mol. The number of rotatable bonds is 4. The van der Waals surface area contributed by atoms with Crippen LogP contribution >= 0.6 is 11.6 Å². The Bertz CT molecular complexity index is 606. The van der Waals surface area contributed by atoms with E-state index in [4.69, 9.17) is 16.9 Å². The van der Waals surface area contributed by atoms with Crippen molar-refractivity contribution in [3.63, 3.8) is 0 Å². The largest absolute Gasteiger partial charge is 0.251 e. The van der Waals surface area contributed by atoms with Crippen molar-refractivity contribution in [3.8, 4) is 6.07 Å². The number of nitriles is 1. The van der Waals surface area contributed by atoms with Crippen LogP contribution in [0.4, 0.5) is 0 Å². The third kappa shape index (κ3) is 3.71. The number of nitrogens with zero attached hydrogens (tertiary/aromatic N) is 3. The molecule has 1 heterocycles. The van der Waals surface area contributed by atoms with E-state index in [1.54, 1.807) is 6.92 Å². The summed E-state index contributed by atoms with van der Waals surface area (Å²) < 4.78 is 24.4. The molecular weight excluding hydrogens is 286 g/mol. The molecule has 5 nitrogen and oxygen atoms in total. The van der Waals surface area contributed by atoms with Crippen molar-refractivity contribution in [1.82, 2.24) is 9.78 Å². The molecule has 0 saturated heterocycles. The third-order valence-electron chi connectivity index (χ3n) is 2.77. The quantitative estimate of drug-likeness (QED) is 0.854. The summed E-state index contributed by atoms with van der Waals surface area (Å²) in [6.07, 6.45) is 0. The van der Waals surface area contributed by atoms with E-state index >= 15 is 0 Å². The molecule has 1 aromatic rings. The molecule has 0 aliphatic heterocycles. The fourth-order valence-electron chi connectivity index (χ4n) is 1.58. The van der Waals surface area contributed by atoms with Crippen LogP contribution in [-0.4, -0.2) is 29.7 Å². The molecule has 0 spiro atoms. The van der Waals surface area contributed by atoms with Gasteiger partial charge in [-0.05, 0) is 0 Å². The van der Waals surface area contributed by atoms with Gasteiger partial charge in [0.25, 0.3) is 0 Å². The molecule has 0 aliphatic carbocycles. The van der Waals surface area contributed by atoms with Crippen molar-refractivity contribution in [2.24, 2.45) is 0 Å². The van der Waals surface area contributed by atoms with E-state index in [-0.39, 0.29) is 28.6 Å². The number of aromatic nitrogens is 2. The van der Waals surface area contributed by atoms with Crippen molar-refractivity contribution in [2.75, 3.05) is 11.5 Å². The SMILES string of the molecule is CCS(=O)(=O)CCn1nc(C(C)(C)C)c(C#N)c1Cl. The maximum absolute atomic E-state index is 11.5. The number of hydrogen-bond donors (Lipinski definition) is 0. The summed E-state index contributed by atoms with van der Waals surface area (Å²) in [6, 6.07) is 2.04. The average Bonchev–Trinajstić information content (AvgIpc) is 2.63. The molecule has 1 aromatic heterocycles. The maximum Gasteiger partial charge on any atom is 0.151 e. The molecule has 19 heavy (non-hydrogen) atoms. The minimum absolute atomic E-state index is 0.0284. The second-order valence-corrected chi connectivity index (χ2v) is 8.17. The van der Waals surface area contributed by atoms with Crippen molar-refractivity contribution in [3.05, 3.63) is 16.4 Å². The van der Waals surface area contributed by atoms with Gasteiger partial charge in [-0.15, -0.1) is 0 Å².